The van der Waals surface area contributed by atoms with Crippen molar-refractivity contribution in [3.05, 3.63) is 0 Å². The number of thioether (sulfide) groups is 1. The van der Waals surface area contributed by atoms with Gasteiger partial charge in [-0.05, 0) is 24.5 Å². The summed E-state index contributed by atoms with van der Waals surface area (Å²) in [6.07, 6.45) is 2.48. The van der Waals surface area contributed by atoms with Crippen LogP contribution in [0.25, 0.3) is 0 Å². The second-order valence-electron chi connectivity index (χ2n) is 4.43. The average molecular weight is 260 g/mol. The summed E-state index contributed by atoms with van der Waals surface area (Å²) in [5, 5.41) is 14.6. The lowest BCUT2D eigenvalue weighted by molar-refractivity contribution is -0.137. The Morgan fingerprint density at radius 3 is 2.82 bits per heavy atom. The molecule has 5 nitrogen and oxygen atoms in total. The van der Waals surface area contributed by atoms with Crippen molar-refractivity contribution in [3.63, 3.8) is 0 Å². The van der Waals surface area contributed by atoms with Crippen LogP contribution in [0.1, 0.15) is 26.2 Å². The third-order valence-electron chi connectivity index (χ3n) is 2.65. The van der Waals surface area contributed by atoms with Crippen LogP contribution in [0.3, 0.4) is 0 Å². The number of hydrogen-bond donors (Lipinski definition) is 3. The van der Waals surface area contributed by atoms with Gasteiger partial charge in [-0.15, -0.1) is 0 Å². The summed E-state index contributed by atoms with van der Waals surface area (Å²) in [6.45, 7) is 2.90. The zero-order chi connectivity index (χ0) is 12.7. The third kappa shape index (κ3) is 6.41. The molecule has 0 aliphatic carbocycles. The smallest absolute Gasteiger partial charge is 0.314 e. The number of aliphatic carboxylic acids is 1. The molecule has 2 atom stereocenters. The summed E-state index contributed by atoms with van der Waals surface area (Å²) in [5.74, 6) is 0.310. The summed E-state index contributed by atoms with van der Waals surface area (Å²) in [6, 6.07) is -0.199. The van der Waals surface area contributed by atoms with Gasteiger partial charge in [0.15, 0.2) is 0 Å². The van der Waals surface area contributed by atoms with Crippen LogP contribution in [0, 0.1) is 5.92 Å². The third-order valence-corrected chi connectivity index (χ3v) is 4.05. The van der Waals surface area contributed by atoms with Gasteiger partial charge in [0.2, 0.25) is 0 Å². The first-order chi connectivity index (χ1) is 8.08. The number of carbonyl (C=O) groups is 2. The van der Waals surface area contributed by atoms with Gasteiger partial charge in [-0.1, -0.05) is 6.92 Å². The second-order valence-corrected chi connectivity index (χ2v) is 5.84. The number of urea groups is 1. The standard InChI is InChI=1S/C11H20N2O3S/c1-8(5-10(14)15)6-12-11(16)13-7-9-3-2-4-17-9/h8-9H,2-7H2,1H3,(H,14,15)(H2,12,13,16). The van der Waals surface area contributed by atoms with Crippen LogP contribution < -0.4 is 10.6 Å². The van der Waals surface area contributed by atoms with E-state index in [0.717, 1.165) is 0 Å². The predicted molar refractivity (Wildman–Crippen MR) is 68.3 cm³/mol. The summed E-state index contributed by atoms with van der Waals surface area (Å²) in [4.78, 5) is 21.8. The van der Waals surface area contributed by atoms with E-state index < -0.39 is 5.97 Å². The topological polar surface area (TPSA) is 78.4 Å². The van der Waals surface area contributed by atoms with Crippen molar-refractivity contribution in [1.29, 1.82) is 0 Å². The minimum absolute atomic E-state index is 0.0425. The highest BCUT2D eigenvalue weighted by Crippen LogP contribution is 2.25. The van der Waals surface area contributed by atoms with Crippen LogP contribution in [0.4, 0.5) is 4.79 Å². The maximum Gasteiger partial charge on any atom is 0.314 e. The molecule has 0 saturated carbocycles. The molecule has 98 valence electrons. The highest BCUT2D eigenvalue weighted by Gasteiger charge is 2.16. The molecule has 1 saturated heterocycles. The first kappa shape index (κ1) is 14.2. The van der Waals surface area contributed by atoms with Crippen molar-refractivity contribution in [2.45, 2.75) is 31.4 Å². The highest BCUT2D eigenvalue weighted by atomic mass is 32.2. The van der Waals surface area contributed by atoms with Crippen molar-refractivity contribution >= 4 is 23.8 Å². The van der Waals surface area contributed by atoms with Gasteiger partial charge in [0.1, 0.15) is 0 Å². The molecule has 0 aromatic rings. The fraction of sp³-hybridized carbons (Fsp3) is 0.818. The van der Waals surface area contributed by atoms with E-state index in [2.05, 4.69) is 10.6 Å². The van der Waals surface area contributed by atoms with Gasteiger partial charge in [-0.2, -0.15) is 11.8 Å². The molecule has 3 N–H and O–H groups in total. The molecular formula is C11H20N2O3S. The van der Waals surface area contributed by atoms with Gasteiger partial charge < -0.3 is 15.7 Å². The van der Waals surface area contributed by atoms with Gasteiger partial charge in [0.05, 0.1) is 0 Å². The Kier molecular flexibility index (Phi) is 6.18. The first-order valence-corrected chi connectivity index (χ1v) is 6.98. The number of nitrogens with one attached hydrogen (secondary N) is 2. The molecule has 2 unspecified atom stereocenters. The maximum atomic E-state index is 11.4. The number of carboxylic acids is 1. The van der Waals surface area contributed by atoms with Crippen molar-refractivity contribution < 1.29 is 14.7 Å². The fourth-order valence-electron chi connectivity index (χ4n) is 1.71. The van der Waals surface area contributed by atoms with Crippen LogP contribution >= 0.6 is 11.8 Å². The quantitative estimate of drug-likeness (QED) is 0.672. The second kappa shape index (κ2) is 7.42. The van der Waals surface area contributed by atoms with Gasteiger partial charge in [0, 0.05) is 24.8 Å². The van der Waals surface area contributed by atoms with Crippen LogP contribution in [0.5, 0.6) is 0 Å². The molecule has 1 aliphatic heterocycles. The van der Waals surface area contributed by atoms with Crippen LogP contribution in [-0.2, 0) is 4.79 Å². The molecule has 0 aromatic carbocycles. The molecule has 1 rings (SSSR count). The van der Waals surface area contributed by atoms with Crippen molar-refractivity contribution in [3.8, 4) is 0 Å². The van der Waals surface area contributed by atoms with E-state index in [1.807, 2.05) is 11.8 Å². The number of rotatable bonds is 6. The summed E-state index contributed by atoms with van der Waals surface area (Å²) < 4.78 is 0. The number of amides is 2. The zero-order valence-corrected chi connectivity index (χ0v) is 10.9. The molecule has 0 spiro atoms. The first-order valence-electron chi connectivity index (χ1n) is 5.93. The zero-order valence-electron chi connectivity index (χ0n) is 10.1. The minimum atomic E-state index is -0.831. The number of hydrogen-bond acceptors (Lipinski definition) is 3. The number of carbonyl (C=O) groups excluding carboxylic acids is 1. The lowest BCUT2D eigenvalue weighted by Gasteiger charge is -2.13. The Morgan fingerprint density at radius 2 is 2.24 bits per heavy atom. The summed E-state index contributed by atoms with van der Waals surface area (Å²) >= 11 is 1.90. The van der Waals surface area contributed by atoms with E-state index in [1.165, 1.54) is 18.6 Å². The molecule has 6 heteroatoms. The normalized spacial score (nSPS) is 20.9. The number of carboxylic acid groups (broad SMARTS) is 1. The Labute approximate surface area is 106 Å². The van der Waals surface area contributed by atoms with Gasteiger partial charge >= 0.3 is 12.0 Å². The Balaban J connectivity index is 2.05. The van der Waals surface area contributed by atoms with E-state index in [1.54, 1.807) is 6.92 Å². The predicted octanol–water partition coefficient (Wildman–Crippen LogP) is 1.29. The van der Waals surface area contributed by atoms with E-state index in [-0.39, 0.29) is 18.4 Å². The lowest BCUT2D eigenvalue weighted by Crippen LogP contribution is -2.40. The van der Waals surface area contributed by atoms with Crippen molar-refractivity contribution in [1.82, 2.24) is 10.6 Å². The fourth-order valence-corrected chi connectivity index (χ4v) is 2.91. The van der Waals surface area contributed by atoms with E-state index in [9.17, 15) is 9.59 Å². The van der Waals surface area contributed by atoms with Crippen LogP contribution in [0.2, 0.25) is 0 Å². The van der Waals surface area contributed by atoms with Crippen molar-refractivity contribution in [2.24, 2.45) is 5.92 Å². The SMILES string of the molecule is CC(CNC(=O)NCC1CCCS1)CC(=O)O. The molecular weight excluding hydrogens is 240 g/mol. The molecule has 0 aromatic heterocycles. The molecule has 1 fully saturated rings. The van der Waals surface area contributed by atoms with E-state index in [0.29, 0.717) is 18.3 Å². The Morgan fingerprint density at radius 1 is 1.47 bits per heavy atom. The molecule has 0 bridgehead atoms. The Hall–Kier alpha value is -0.910. The van der Waals surface area contributed by atoms with Gasteiger partial charge in [-0.25, -0.2) is 4.79 Å². The van der Waals surface area contributed by atoms with Crippen LogP contribution in [0.15, 0.2) is 0 Å². The minimum Gasteiger partial charge on any atom is -0.481 e. The maximum absolute atomic E-state index is 11.4. The molecule has 2 amide bonds. The van der Waals surface area contributed by atoms with E-state index in [4.69, 9.17) is 5.11 Å². The van der Waals surface area contributed by atoms with E-state index >= 15 is 0 Å². The molecule has 1 heterocycles. The van der Waals surface area contributed by atoms with Crippen molar-refractivity contribution in [2.75, 3.05) is 18.8 Å². The summed E-state index contributed by atoms with van der Waals surface area (Å²) in [7, 11) is 0. The Bertz CT molecular complexity index is 267. The largest absolute Gasteiger partial charge is 0.481 e. The molecule has 17 heavy (non-hydrogen) atoms. The molecule has 1 aliphatic rings. The summed E-state index contributed by atoms with van der Waals surface area (Å²) in [5.41, 5.74) is 0. The monoisotopic (exact) mass is 260 g/mol. The van der Waals surface area contributed by atoms with Gasteiger partial charge in [0.25, 0.3) is 0 Å². The van der Waals surface area contributed by atoms with Gasteiger partial charge in [-0.3, -0.25) is 4.79 Å². The van der Waals surface area contributed by atoms with Crippen LogP contribution in [-0.4, -0.2) is 41.2 Å². The molecule has 0 radical (unpaired) electrons. The lowest BCUT2D eigenvalue weighted by atomic mass is 10.1. The average Bonchev–Trinajstić information content (AvgIpc) is 2.75. The highest BCUT2D eigenvalue weighted by molar-refractivity contribution is 8.00.